The van der Waals surface area contributed by atoms with Crippen molar-refractivity contribution in [2.24, 2.45) is 0 Å². The zero-order valence-corrected chi connectivity index (χ0v) is 10.6. The van der Waals surface area contributed by atoms with Gasteiger partial charge >= 0.3 is 0 Å². The third-order valence-electron chi connectivity index (χ3n) is 1.89. The fraction of sp³-hybridized carbons (Fsp3) is 0.111. The van der Waals surface area contributed by atoms with E-state index in [2.05, 4.69) is 47.1 Å². The van der Waals surface area contributed by atoms with Gasteiger partial charge in [0.15, 0.2) is 0 Å². The van der Waals surface area contributed by atoms with Crippen molar-refractivity contribution in [1.29, 1.82) is 0 Å². The summed E-state index contributed by atoms with van der Waals surface area (Å²) in [5, 5.41) is 4.03. The average Bonchev–Trinajstić information content (AvgIpc) is 2.17. The SMILES string of the molecule is CNc1ncnc2c(Br)cc(Br)cc12. The summed E-state index contributed by atoms with van der Waals surface area (Å²) in [5.41, 5.74) is 0.910. The third-order valence-corrected chi connectivity index (χ3v) is 2.96. The minimum Gasteiger partial charge on any atom is -0.373 e. The molecule has 0 amide bonds. The number of nitrogens with one attached hydrogen (secondary N) is 1. The van der Waals surface area contributed by atoms with E-state index in [1.165, 1.54) is 0 Å². The first kappa shape index (κ1) is 9.86. The van der Waals surface area contributed by atoms with E-state index < -0.39 is 0 Å². The fourth-order valence-electron chi connectivity index (χ4n) is 1.29. The molecule has 0 aliphatic carbocycles. The second kappa shape index (κ2) is 3.82. The van der Waals surface area contributed by atoms with Gasteiger partial charge < -0.3 is 5.32 Å². The number of hydrogen-bond acceptors (Lipinski definition) is 3. The molecule has 14 heavy (non-hydrogen) atoms. The van der Waals surface area contributed by atoms with E-state index in [1.54, 1.807) is 6.33 Å². The van der Waals surface area contributed by atoms with Crippen LogP contribution in [0.1, 0.15) is 0 Å². The first-order valence-corrected chi connectivity index (χ1v) is 5.58. The lowest BCUT2D eigenvalue weighted by molar-refractivity contribution is 1.20. The van der Waals surface area contributed by atoms with Crippen LogP contribution in [-0.2, 0) is 0 Å². The number of hydrogen-bond donors (Lipinski definition) is 1. The molecule has 2 aromatic rings. The predicted molar refractivity (Wildman–Crippen MR) is 64.5 cm³/mol. The summed E-state index contributed by atoms with van der Waals surface area (Å²) in [5.74, 6) is 0.831. The molecule has 0 unspecified atom stereocenters. The average molecular weight is 317 g/mol. The zero-order valence-electron chi connectivity index (χ0n) is 7.38. The van der Waals surface area contributed by atoms with Gasteiger partial charge in [0.05, 0.1) is 5.52 Å². The zero-order chi connectivity index (χ0) is 10.1. The second-order valence-electron chi connectivity index (χ2n) is 2.76. The van der Waals surface area contributed by atoms with Crippen molar-refractivity contribution >= 4 is 48.6 Å². The van der Waals surface area contributed by atoms with Crippen molar-refractivity contribution in [3.05, 3.63) is 27.4 Å². The van der Waals surface area contributed by atoms with E-state index >= 15 is 0 Å². The molecule has 0 atom stereocenters. The Morgan fingerprint density at radius 2 is 2.00 bits per heavy atom. The summed E-state index contributed by atoms with van der Waals surface area (Å²) in [6, 6.07) is 3.96. The van der Waals surface area contributed by atoms with E-state index in [1.807, 2.05) is 19.2 Å². The maximum Gasteiger partial charge on any atom is 0.137 e. The highest BCUT2D eigenvalue weighted by Crippen LogP contribution is 2.29. The first-order valence-electron chi connectivity index (χ1n) is 4.00. The normalized spacial score (nSPS) is 10.5. The van der Waals surface area contributed by atoms with Gasteiger partial charge in [0, 0.05) is 21.4 Å². The minimum absolute atomic E-state index is 0.831. The van der Waals surface area contributed by atoms with Crippen LogP contribution in [0.2, 0.25) is 0 Å². The molecule has 1 heterocycles. The van der Waals surface area contributed by atoms with Crippen LogP contribution in [0, 0.1) is 0 Å². The lowest BCUT2D eigenvalue weighted by atomic mass is 10.2. The number of aromatic nitrogens is 2. The number of anilines is 1. The molecule has 0 fully saturated rings. The molecule has 3 nitrogen and oxygen atoms in total. The van der Waals surface area contributed by atoms with Gasteiger partial charge in [-0.3, -0.25) is 0 Å². The molecule has 0 spiro atoms. The molecule has 5 heteroatoms. The highest BCUT2D eigenvalue weighted by Gasteiger charge is 2.06. The summed E-state index contributed by atoms with van der Waals surface area (Å²) in [4.78, 5) is 8.36. The largest absolute Gasteiger partial charge is 0.373 e. The molecular formula is C9H7Br2N3. The van der Waals surface area contributed by atoms with Crippen molar-refractivity contribution in [3.8, 4) is 0 Å². The van der Waals surface area contributed by atoms with Crippen molar-refractivity contribution in [1.82, 2.24) is 9.97 Å². The van der Waals surface area contributed by atoms with Gasteiger partial charge in [-0.15, -0.1) is 0 Å². The Bertz CT molecular complexity index is 485. The lowest BCUT2D eigenvalue weighted by Gasteiger charge is -2.05. The molecule has 72 valence electrons. The maximum absolute atomic E-state index is 4.21. The molecule has 0 aliphatic heterocycles. The van der Waals surface area contributed by atoms with Gasteiger partial charge in [0.2, 0.25) is 0 Å². The third kappa shape index (κ3) is 1.62. The van der Waals surface area contributed by atoms with E-state index in [0.717, 1.165) is 25.7 Å². The Morgan fingerprint density at radius 3 is 2.71 bits per heavy atom. The van der Waals surface area contributed by atoms with Crippen LogP contribution in [0.15, 0.2) is 27.4 Å². The van der Waals surface area contributed by atoms with Gasteiger partial charge in [-0.05, 0) is 28.1 Å². The van der Waals surface area contributed by atoms with Gasteiger partial charge in [-0.2, -0.15) is 0 Å². The molecule has 0 bridgehead atoms. The summed E-state index contributed by atoms with van der Waals surface area (Å²) in [7, 11) is 1.84. The standard InChI is InChI=1S/C9H7Br2N3/c1-12-9-6-2-5(10)3-7(11)8(6)13-4-14-9/h2-4H,1H3,(H,12,13,14). The predicted octanol–water partition coefficient (Wildman–Crippen LogP) is 3.20. The summed E-state index contributed by atoms with van der Waals surface area (Å²) >= 11 is 6.90. The maximum atomic E-state index is 4.21. The van der Waals surface area contributed by atoms with E-state index in [0.29, 0.717) is 0 Å². The first-order chi connectivity index (χ1) is 6.72. The Morgan fingerprint density at radius 1 is 1.21 bits per heavy atom. The van der Waals surface area contributed by atoms with Crippen LogP contribution in [-0.4, -0.2) is 17.0 Å². The summed E-state index contributed by atoms with van der Waals surface area (Å²) < 4.78 is 1.96. The second-order valence-corrected chi connectivity index (χ2v) is 4.53. The number of rotatable bonds is 1. The Hall–Kier alpha value is -0.680. The quantitative estimate of drug-likeness (QED) is 0.878. The molecule has 0 saturated heterocycles. The summed E-state index contributed by atoms with van der Waals surface area (Å²) in [6.45, 7) is 0. The van der Waals surface area contributed by atoms with Crippen LogP contribution in [0.3, 0.4) is 0 Å². The minimum atomic E-state index is 0.831. The smallest absolute Gasteiger partial charge is 0.137 e. The molecule has 1 N–H and O–H groups in total. The van der Waals surface area contributed by atoms with E-state index in [-0.39, 0.29) is 0 Å². The van der Waals surface area contributed by atoms with Crippen LogP contribution in [0.25, 0.3) is 10.9 Å². The molecule has 0 saturated carbocycles. The summed E-state index contributed by atoms with van der Waals surface area (Å²) in [6.07, 6.45) is 1.55. The van der Waals surface area contributed by atoms with Crippen molar-refractivity contribution in [2.45, 2.75) is 0 Å². The number of fused-ring (bicyclic) bond motifs is 1. The van der Waals surface area contributed by atoms with E-state index in [4.69, 9.17) is 0 Å². The molecule has 1 aromatic carbocycles. The Kier molecular flexibility index (Phi) is 2.69. The highest BCUT2D eigenvalue weighted by atomic mass is 79.9. The van der Waals surface area contributed by atoms with Crippen molar-refractivity contribution < 1.29 is 0 Å². The number of benzene rings is 1. The number of halogens is 2. The van der Waals surface area contributed by atoms with Crippen LogP contribution in [0.4, 0.5) is 5.82 Å². The van der Waals surface area contributed by atoms with E-state index in [9.17, 15) is 0 Å². The van der Waals surface area contributed by atoms with Gasteiger partial charge in [0.1, 0.15) is 12.1 Å². The van der Waals surface area contributed by atoms with Crippen LogP contribution in [0.5, 0.6) is 0 Å². The van der Waals surface area contributed by atoms with Gasteiger partial charge in [-0.1, -0.05) is 15.9 Å². The van der Waals surface area contributed by atoms with Gasteiger partial charge in [-0.25, -0.2) is 9.97 Å². The van der Waals surface area contributed by atoms with Crippen LogP contribution < -0.4 is 5.32 Å². The topological polar surface area (TPSA) is 37.8 Å². The van der Waals surface area contributed by atoms with Crippen molar-refractivity contribution in [3.63, 3.8) is 0 Å². The Labute approximate surface area is 98.2 Å². The number of nitrogens with zero attached hydrogens (tertiary/aromatic N) is 2. The monoisotopic (exact) mass is 315 g/mol. The molecular weight excluding hydrogens is 310 g/mol. The fourth-order valence-corrected chi connectivity index (χ4v) is 2.62. The molecule has 2 rings (SSSR count). The Balaban J connectivity index is 2.86. The molecule has 1 aromatic heterocycles. The molecule has 0 radical (unpaired) electrons. The van der Waals surface area contributed by atoms with Crippen LogP contribution >= 0.6 is 31.9 Å². The van der Waals surface area contributed by atoms with Crippen molar-refractivity contribution in [2.75, 3.05) is 12.4 Å². The lowest BCUT2D eigenvalue weighted by Crippen LogP contribution is -1.95. The molecule has 0 aliphatic rings. The highest BCUT2D eigenvalue weighted by molar-refractivity contribution is 9.11. The van der Waals surface area contributed by atoms with Gasteiger partial charge in [0.25, 0.3) is 0 Å².